The molecule has 0 aliphatic carbocycles. The molecule has 9 rings (SSSR count). The molecule has 3 aromatic carbocycles. The van der Waals surface area contributed by atoms with Crippen LogP contribution in [0.25, 0.3) is 0 Å². The molecule has 306 valence electrons. The number of hydrogen-bond acceptors (Lipinski definition) is 10. The number of halogens is 2. The zero-order valence-corrected chi connectivity index (χ0v) is 33.7. The molecular weight excluding hydrogens is 775 g/mol. The minimum Gasteiger partial charge on any atom is -0.371 e. The lowest BCUT2D eigenvalue weighted by molar-refractivity contribution is -0.136. The molecule has 15 heteroatoms. The summed E-state index contributed by atoms with van der Waals surface area (Å²) in [5, 5.41) is 12.0. The number of anilines is 3. The topological polar surface area (TPSA) is 141 Å². The monoisotopic (exact) mass is 820 g/mol. The maximum Gasteiger partial charge on any atom is 0.262 e. The number of nitrogens with zero attached hydrogens (tertiary/aromatic N) is 7. The van der Waals surface area contributed by atoms with Gasteiger partial charge in [0.25, 0.3) is 17.7 Å². The zero-order valence-electron chi connectivity index (χ0n) is 33.0. The van der Waals surface area contributed by atoms with Crippen molar-refractivity contribution in [2.24, 2.45) is 11.3 Å². The summed E-state index contributed by atoms with van der Waals surface area (Å²) in [6.07, 6.45) is 3.10. The van der Waals surface area contributed by atoms with E-state index in [9.17, 15) is 29.2 Å². The first-order valence-corrected chi connectivity index (χ1v) is 20.9. The Labute approximate surface area is 347 Å². The van der Waals surface area contributed by atoms with Gasteiger partial charge in [-0.15, -0.1) is 0 Å². The molecule has 2 atom stereocenters. The summed E-state index contributed by atoms with van der Waals surface area (Å²) in [6.45, 7) is 9.58. The van der Waals surface area contributed by atoms with Crippen LogP contribution in [0.1, 0.15) is 75.7 Å². The Balaban J connectivity index is 0.734. The number of hydrogen-bond donors (Lipinski definition) is 1. The van der Waals surface area contributed by atoms with Crippen molar-refractivity contribution in [3.05, 3.63) is 87.7 Å². The van der Waals surface area contributed by atoms with Gasteiger partial charge in [0.15, 0.2) is 0 Å². The first-order valence-electron chi connectivity index (χ1n) is 20.5. The second-order valence-electron chi connectivity index (χ2n) is 17.2. The molecule has 0 bridgehead atoms. The second kappa shape index (κ2) is 15.3. The molecular formula is C44H46ClFN8O5. The van der Waals surface area contributed by atoms with Gasteiger partial charge in [0, 0.05) is 101 Å². The van der Waals surface area contributed by atoms with Crippen molar-refractivity contribution in [2.45, 2.75) is 51.1 Å². The Bertz CT molecular complexity index is 2290. The highest BCUT2D eigenvalue weighted by Gasteiger charge is 2.46. The molecule has 1 spiro atoms. The van der Waals surface area contributed by atoms with Crippen LogP contribution in [0, 0.1) is 28.5 Å². The van der Waals surface area contributed by atoms with Gasteiger partial charge >= 0.3 is 0 Å². The molecule has 5 saturated heterocycles. The quantitative estimate of drug-likeness (QED) is 0.339. The van der Waals surface area contributed by atoms with Crippen LogP contribution in [-0.2, 0) is 9.59 Å². The van der Waals surface area contributed by atoms with Crippen molar-refractivity contribution in [2.75, 3.05) is 80.1 Å². The van der Waals surface area contributed by atoms with Gasteiger partial charge in [0.05, 0.1) is 27.4 Å². The van der Waals surface area contributed by atoms with Crippen LogP contribution in [0.15, 0.2) is 54.6 Å². The number of imide groups is 2. The highest BCUT2D eigenvalue weighted by atomic mass is 35.5. The summed E-state index contributed by atoms with van der Waals surface area (Å²) in [6, 6.07) is 17.2. The number of piperazine rings is 1. The Hall–Kier alpha value is -5.52. The molecule has 0 radical (unpaired) electrons. The smallest absolute Gasteiger partial charge is 0.262 e. The third-order valence-corrected chi connectivity index (χ3v) is 13.8. The zero-order chi connectivity index (χ0) is 41.2. The lowest BCUT2D eigenvalue weighted by Crippen LogP contribution is -2.55. The number of nitriles is 1. The molecule has 3 aromatic rings. The molecule has 6 aliphatic rings. The van der Waals surface area contributed by atoms with Crippen LogP contribution in [0.4, 0.5) is 21.5 Å². The predicted octanol–water partition coefficient (Wildman–Crippen LogP) is 4.53. The van der Waals surface area contributed by atoms with E-state index in [1.165, 1.54) is 6.07 Å². The van der Waals surface area contributed by atoms with E-state index < -0.39 is 29.7 Å². The van der Waals surface area contributed by atoms with E-state index in [0.29, 0.717) is 46.9 Å². The second-order valence-corrected chi connectivity index (χ2v) is 17.6. The van der Waals surface area contributed by atoms with Crippen molar-refractivity contribution >= 4 is 58.2 Å². The molecule has 6 aliphatic heterocycles. The maximum absolute atomic E-state index is 15.7. The Morgan fingerprint density at radius 3 is 2.32 bits per heavy atom. The number of nitrogens with one attached hydrogen (secondary N) is 1. The summed E-state index contributed by atoms with van der Waals surface area (Å²) in [5.41, 5.74) is 3.89. The third-order valence-electron chi connectivity index (χ3n) is 13.5. The number of piperidine rings is 2. The minimum atomic E-state index is -0.994. The standard InChI is InChI=1S/C44H46ClFN8O5/c1-27-21-44(26-53(27)32-4-2-30(22-47)35(45)20-32)10-12-50(13-11-44)37-7-3-29(18-36(37)46)41(57)51-16-14-49(15-17-51)23-28-24-52(25-28)31-5-6-33-34(19-31)43(59)54(42(33)58)38-8-9-39(55)48-40(38)56/h2-7,18-20,27-28,38H,8-17,21,23-26H2,1H3,(H,48,55,56)/t27-,38?/m0/s1. The van der Waals surface area contributed by atoms with Crippen LogP contribution >= 0.6 is 11.6 Å². The number of benzene rings is 3. The van der Waals surface area contributed by atoms with Crippen LogP contribution in [0.5, 0.6) is 0 Å². The first kappa shape index (κ1) is 39.0. The minimum absolute atomic E-state index is 0.0748. The third kappa shape index (κ3) is 7.18. The fourth-order valence-corrected chi connectivity index (χ4v) is 10.4. The van der Waals surface area contributed by atoms with Gasteiger partial charge in [-0.2, -0.15) is 5.26 Å². The van der Waals surface area contributed by atoms with Crippen LogP contribution in [-0.4, -0.2) is 122 Å². The molecule has 5 amide bonds. The van der Waals surface area contributed by atoms with Crippen molar-refractivity contribution in [1.82, 2.24) is 20.0 Å². The summed E-state index contributed by atoms with van der Waals surface area (Å²) in [4.78, 5) is 75.7. The van der Waals surface area contributed by atoms with Crippen molar-refractivity contribution < 1.29 is 28.4 Å². The molecule has 6 heterocycles. The van der Waals surface area contributed by atoms with E-state index in [2.05, 4.69) is 37.9 Å². The lowest BCUT2D eigenvalue weighted by Gasteiger charge is -2.45. The van der Waals surface area contributed by atoms with Crippen molar-refractivity contribution in [3.8, 4) is 6.07 Å². The molecule has 0 saturated carbocycles. The van der Waals surface area contributed by atoms with Gasteiger partial charge in [-0.05, 0) is 92.6 Å². The Kier molecular flexibility index (Phi) is 10.1. The average Bonchev–Trinajstić information content (AvgIpc) is 3.67. The first-order chi connectivity index (χ1) is 28.4. The highest BCUT2D eigenvalue weighted by Crippen LogP contribution is 2.46. The SMILES string of the molecule is C[C@H]1CC2(CCN(c3ccc(C(=O)N4CCN(CC5CN(c6ccc7c(c6)C(=O)N(C6CCC(=O)NC6=O)C7=O)C5)CC4)cc3F)CC2)CN1c1ccc(C#N)c(Cl)c1. The fraction of sp³-hybridized carbons (Fsp3) is 0.455. The molecule has 5 fully saturated rings. The van der Waals surface area contributed by atoms with E-state index in [1.807, 2.05) is 18.2 Å². The Morgan fingerprint density at radius 2 is 1.63 bits per heavy atom. The number of carbonyl (C=O) groups excluding carboxylic acids is 5. The van der Waals surface area contributed by atoms with E-state index in [4.69, 9.17) is 11.6 Å². The van der Waals surface area contributed by atoms with Crippen LogP contribution < -0.4 is 20.0 Å². The van der Waals surface area contributed by atoms with Gasteiger partial charge in [0.2, 0.25) is 11.8 Å². The number of amides is 5. The van der Waals surface area contributed by atoms with E-state index in [0.717, 1.165) is 87.9 Å². The predicted molar refractivity (Wildman–Crippen MR) is 219 cm³/mol. The summed E-state index contributed by atoms with van der Waals surface area (Å²) in [5.74, 6) is -2.20. The largest absolute Gasteiger partial charge is 0.371 e. The molecule has 1 unspecified atom stereocenters. The number of rotatable bonds is 7. The summed E-state index contributed by atoms with van der Waals surface area (Å²) >= 11 is 6.35. The number of fused-ring (bicyclic) bond motifs is 1. The van der Waals surface area contributed by atoms with Gasteiger partial charge < -0.3 is 19.6 Å². The molecule has 13 nitrogen and oxygen atoms in total. The van der Waals surface area contributed by atoms with E-state index in [1.54, 1.807) is 35.2 Å². The highest BCUT2D eigenvalue weighted by molar-refractivity contribution is 6.32. The normalized spacial score (nSPS) is 23.5. The molecule has 0 aromatic heterocycles. The maximum atomic E-state index is 15.7. The summed E-state index contributed by atoms with van der Waals surface area (Å²) < 4.78 is 15.7. The van der Waals surface area contributed by atoms with Crippen LogP contribution in [0.3, 0.4) is 0 Å². The van der Waals surface area contributed by atoms with Crippen molar-refractivity contribution in [3.63, 3.8) is 0 Å². The van der Waals surface area contributed by atoms with E-state index in [-0.39, 0.29) is 41.1 Å². The summed E-state index contributed by atoms with van der Waals surface area (Å²) in [7, 11) is 0. The number of carbonyl (C=O) groups is 5. The van der Waals surface area contributed by atoms with Gasteiger partial charge in [0.1, 0.15) is 17.9 Å². The van der Waals surface area contributed by atoms with Gasteiger partial charge in [-0.25, -0.2) is 4.39 Å². The molecule has 59 heavy (non-hydrogen) atoms. The lowest BCUT2D eigenvalue weighted by atomic mass is 9.76. The van der Waals surface area contributed by atoms with Gasteiger partial charge in [-0.1, -0.05) is 11.6 Å². The molecule has 1 N–H and O–H groups in total. The van der Waals surface area contributed by atoms with Crippen molar-refractivity contribution in [1.29, 1.82) is 5.26 Å². The average molecular weight is 821 g/mol. The van der Waals surface area contributed by atoms with E-state index >= 15 is 4.39 Å². The Morgan fingerprint density at radius 1 is 0.898 bits per heavy atom. The fourth-order valence-electron chi connectivity index (χ4n) is 10.2. The van der Waals surface area contributed by atoms with Gasteiger partial charge in [-0.3, -0.25) is 39.1 Å². The van der Waals surface area contributed by atoms with Crippen LogP contribution in [0.2, 0.25) is 5.02 Å².